The lowest BCUT2D eigenvalue weighted by atomic mass is 10.3. The van der Waals surface area contributed by atoms with E-state index in [0.29, 0.717) is 16.9 Å². The van der Waals surface area contributed by atoms with Gasteiger partial charge in [-0.3, -0.25) is 14.2 Å². The highest BCUT2D eigenvalue weighted by Crippen LogP contribution is 2.14. The number of para-hydroxylation sites is 1. The summed E-state index contributed by atoms with van der Waals surface area (Å²) < 4.78 is 8.02. The molecular weight excluding hydrogens is 308 g/mol. The third-order valence-electron chi connectivity index (χ3n) is 3.53. The Balaban J connectivity index is 2.07. The van der Waals surface area contributed by atoms with Crippen molar-refractivity contribution in [2.75, 3.05) is 0 Å². The molecule has 7 heteroatoms. The Morgan fingerprint density at radius 2 is 1.96 bits per heavy atom. The van der Waals surface area contributed by atoms with Crippen LogP contribution in [-0.2, 0) is 16.1 Å². The molecule has 24 heavy (non-hydrogen) atoms. The fourth-order valence-corrected chi connectivity index (χ4v) is 2.48. The van der Waals surface area contributed by atoms with Crippen LogP contribution in [0, 0.1) is 6.92 Å². The normalized spacial score (nSPS) is 11.2. The third-order valence-corrected chi connectivity index (χ3v) is 3.53. The molecule has 2 aromatic heterocycles. The van der Waals surface area contributed by atoms with Gasteiger partial charge in [0.05, 0.1) is 18.0 Å². The van der Waals surface area contributed by atoms with Gasteiger partial charge in [0.25, 0.3) is 5.56 Å². The molecule has 0 aliphatic rings. The maximum Gasteiger partial charge on any atom is 0.326 e. The van der Waals surface area contributed by atoms with E-state index in [4.69, 9.17) is 4.74 Å². The van der Waals surface area contributed by atoms with Crippen molar-refractivity contribution in [3.63, 3.8) is 0 Å². The Morgan fingerprint density at radius 1 is 1.25 bits per heavy atom. The molecule has 1 aromatic carbocycles. The monoisotopic (exact) mass is 326 g/mol. The summed E-state index contributed by atoms with van der Waals surface area (Å²) in [7, 11) is 0. The summed E-state index contributed by atoms with van der Waals surface area (Å²) in [6, 6.07) is 9.45. The van der Waals surface area contributed by atoms with Crippen molar-refractivity contribution in [1.82, 2.24) is 19.3 Å². The molecule has 124 valence electrons. The number of carbonyl (C=O) groups excluding carboxylic acids is 1. The predicted octanol–water partition coefficient (Wildman–Crippen LogP) is 1.84. The fourth-order valence-electron chi connectivity index (χ4n) is 2.48. The molecule has 0 amide bonds. The van der Waals surface area contributed by atoms with E-state index in [-0.39, 0.29) is 18.2 Å². The molecule has 7 nitrogen and oxygen atoms in total. The molecule has 0 aliphatic heterocycles. The lowest BCUT2D eigenvalue weighted by Crippen LogP contribution is -2.29. The number of fused-ring (bicyclic) bond motifs is 1. The molecule has 0 spiro atoms. The van der Waals surface area contributed by atoms with Crippen LogP contribution >= 0.6 is 0 Å². The van der Waals surface area contributed by atoms with E-state index in [9.17, 15) is 9.59 Å². The molecule has 0 saturated carbocycles. The van der Waals surface area contributed by atoms with Gasteiger partial charge < -0.3 is 4.74 Å². The Kier molecular flexibility index (Phi) is 4.16. The first kappa shape index (κ1) is 15.9. The average Bonchev–Trinajstić information content (AvgIpc) is 2.95. The number of benzene rings is 1. The van der Waals surface area contributed by atoms with Gasteiger partial charge in [0, 0.05) is 0 Å². The standard InChI is InChI=1S/C17H18N4O3/c1-11(2)24-15(22)10-20-12(3)19-16-14(17(20)23)9-18-21(16)13-7-5-4-6-8-13/h4-9,11H,10H2,1-3H3. The lowest BCUT2D eigenvalue weighted by Gasteiger charge is -2.11. The highest BCUT2D eigenvalue weighted by Gasteiger charge is 2.16. The zero-order valence-corrected chi connectivity index (χ0v) is 13.8. The maximum atomic E-state index is 12.7. The van der Waals surface area contributed by atoms with Crippen LogP contribution in [0.2, 0.25) is 0 Å². The van der Waals surface area contributed by atoms with Crippen molar-refractivity contribution >= 4 is 17.0 Å². The quantitative estimate of drug-likeness (QED) is 0.684. The largest absolute Gasteiger partial charge is 0.462 e. The number of aryl methyl sites for hydroxylation is 1. The molecule has 3 aromatic rings. The van der Waals surface area contributed by atoms with Gasteiger partial charge in [-0.2, -0.15) is 5.10 Å². The summed E-state index contributed by atoms with van der Waals surface area (Å²) in [6.45, 7) is 5.05. The average molecular weight is 326 g/mol. The van der Waals surface area contributed by atoms with E-state index < -0.39 is 5.97 Å². The van der Waals surface area contributed by atoms with Crippen molar-refractivity contribution in [1.29, 1.82) is 0 Å². The molecule has 0 atom stereocenters. The lowest BCUT2D eigenvalue weighted by molar-refractivity contribution is -0.148. The van der Waals surface area contributed by atoms with E-state index >= 15 is 0 Å². The van der Waals surface area contributed by atoms with Crippen LogP contribution in [0.15, 0.2) is 41.3 Å². The molecule has 0 bridgehead atoms. The minimum Gasteiger partial charge on any atom is -0.462 e. The summed E-state index contributed by atoms with van der Waals surface area (Å²) in [4.78, 5) is 29.0. The summed E-state index contributed by atoms with van der Waals surface area (Å²) in [6.07, 6.45) is 1.24. The molecule has 0 N–H and O–H groups in total. The second-order valence-corrected chi connectivity index (χ2v) is 5.72. The van der Waals surface area contributed by atoms with E-state index in [2.05, 4.69) is 10.1 Å². The number of nitrogens with zero attached hydrogens (tertiary/aromatic N) is 4. The number of ether oxygens (including phenoxy) is 1. The molecule has 0 saturated heterocycles. The van der Waals surface area contributed by atoms with Crippen LogP contribution in [0.25, 0.3) is 16.7 Å². The summed E-state index contributed by atoms with van der Waals surface area (Å²) >= 11 is 0. The number of hydrogen-bond acceptors (Lipinski definition) is 5. The first-order valence-electron chi connectivity index (χ1n) is 7.67. The Morgan fingerprint density at radius 3 is 2.62 bits per heavy atom. The van der Waals surface area contributed by atoms with Crippen molar-refractivity contribution in [3.8, 4) is 5.69 Å². The van der Waals surface area contributed by atoms with Gasteiger partial charge >= 0.3 is 5.97 Å². The first-order valence-corrected chi connectivity index (χ1v) is 7.67. The van der Waals surface area contributed by atoms with Gasteiger partial charge in [0.2, 0.25) is 0 Å². The summed E-state index contributed by atoms with van der Waals surface area (Å²) in [5.74, 6) is -0.0299. The Hall–Kier alpha value is -2.96. The first-order chi connectivity index (χ1) is 11.5. The van der Waals surface area contributed by atoms with Gasteiger partial charge in [-0.1, -0.05) is 18.2 Å². The van der Waals surface area contributed by atoms with E-state index in [0.717, 1.165) is 5.69 Å². The number of aromatic nitrogens is 4. The molecule has 0 fully saturated rings. The SMILES string of the molecule is Cc1nc2c(cnn2-c2ccccc2)c(=O)n1CC(=O)OC(C)C. The van der Waals surface area contributed by atoms with Crippen LogP contribution in [0.4, 0.5) is 0 Å². The predicted molar refractivity (Wildman–Crippen MR) is 89.1 cm³/mol. The van der Waals surface area contributed by atoms with Crippen LogP contribution in [0.3, 0.4) is 0 Å². The van der Waals surface area contributed by atoms with Crippen molar-refractivity contribution < 1.29 is 9.53 Å². The van der Waals surface area contributed by atoms with Gasteiger partial charge in [-0.05, 0) is 32.9 Å². The minimum atomic E-state index is -0.466. The molecule has 2 heterocycles. The van der Waals surface area contributed by atoms with Crippen molar-refractivity contribution in [3.05, 3.63) is 52.7 Å². The molecule has 3 rings (SSSR count). The molecule has 0 unspecified atom stereocenters. The minimum absolute atomic E-state index is 0.164. The highest BCUT2D eigenvalue weighted by atomic mass is 16.5. The smallest absolute Gasteiger partial charge is 0.326 e. The number of esters is 1. The fraction of sp³-hybridized carbons (Fsp3) is 0.294. The zero-order valence-electron chi connectivity index (χ0n) is 13.8. The molecule has 0 radical (unpaired) electrons. The Bertz CT molecular complexity index is 942. The van der Waals surface area contributed by atoms with Crippen molar-refractivity contribution in [2.45, 2.75) is 33.4 Å². The second kappa shape index (κ2) is 6.27. The topological polar surface area (TPSA) is 79.0 Å². The van der Waals surface area contributed by atoms with Gasteiger partial charge in [-0.15, -0.1) is 0 Å². The van der Waals surface area contributed by atoms with Crippen LogP contribution < -0.4 is 5.56 Å². The van der Waals surface area contributed by atoms with E-state index in [1.165, 1.54) is 10.8 Å². The van der Waals surface area contributed by atoms with Gasteiger partial charge in [0.1, 0.15) is 17.8 Å². The molecule has 0 aliphatic carbocycles. The van der Waals surface area contributed by atoms with Gasteiger partial charge in [-0.25, -0.2) is 9.67 Å². The Labute approximate surface area is 138 Å². The van der Waals surface area contributed by atoms with Gasteiger partial charge in [0.15, 0.2) is 5.65 Å². The van der Waals surface area contributed by atoms with E-state index in [1.54, 1.807) is 25.5 Å². The summed E-state index contributed by atoms with van der Waals surface area (Å²) in [5.41, 5.74) is 0.980. The van der Waals surface area contributed by atoms with Crippen LogP contribution in [0.1, 0.15) is 19.7 Å². The van der Waals surface area contributed by atoms with Crippen LogP contribution in [0.5, 0.6) is 0 Å². The number of carbonyl (C=O) groups is 1. The van der Waals surface area contributed by atoms with E-state index in [1.807, 2.05) is 30.3 Å². The highest BCUT2D eigenvalue weighted by molar-refractivity contribution is 5.76. The number of hydrogen-bond donors (Lipinski definition) is 0. The third kappa shape index (κ3) is 2.92. The van der Waals surface area contributed by atoms with Crippen LogP contribution in [-0.4, -0.2) is 31.4 Å². The van der Waals surface area contributed by atoms with Crippen molar-refractivity contribution in [2.24, 2.45) is 0 Å². The number of rotatable bonds is 4. The summed E-state index contributed by atoms with van der Waals surface area (Å²) in [5, 5.41) is 4.62. The maximum absolute atomic E-state index is 12.7. The zero-order chi connectivity index (χ0) is 17.3. The molecular formula is C17H18N4O3. The second-order valence-electron chi connectivity index (χ2n) is 5.72.